The van der Waals surface area contributed by atoms with E-state index in [1.54, 1.807) is 0 Å². The molecule has 2 aliphatic rings. The molecule has 0 aromatic heterocycles. The number of ether oxygens (including phenoxy) is 1. The minimum atomic E-state index is -4.60. The molecule has 2 unspecified atom stereocenters. The van der Waals surface area contributed by atoms with E-state index in [9.17, 15) is 35.3 Å². The third-order valence-corrected chi connectivity index (χ3v) is 8.12. The van der Waals surface area contributed by atoms with E-state index in [-0.39, 0.29) is 29.3 Å². The molecule has 0 bridgehead atoms. The Hall–Kier alpha value is -2.60. The number of anilines is 2. The van der Waals surface area contributed by atoms with Crippen LogP contribution in [0, 0.1) is 17.2 Å². The van der Waals surface area contributed by atoms with Gasteiger partial charge in [0.2, 0.25) is 5.92 Å². The summed E-state index contributed by atoms with van der Waals surface area (Å²) in [6, 6.07) is 8.08. The molecule has 38 heavy (non-hydrogen) atoms. The van der Waals surface area contributed by atoms with Gasteiger partial charge < -0.3 is 14.7 Å². The minimum Gasteiger partial charge on any atom is -0.481 e. The monoisotopic (exact) mass is 565 g/mol. The lowest BCUT2D eigenvalue weighted by Gasteiger charge is -2.28. The number of rotatable bonds is 7. The second-order valence-corrected chi connectivity index (χ2v) is 11.2. The van der Waals surface area contributed by atoms with Crippen LogP contribution in [0.1, 0.15) is 38.2 Å². The van der Waals surface area contributed by atoms with Gasteiger partial charge in [0, 0.05) is 31.5 Å². The van der Waals surface area contributed by atoms with Gasteiger partial charge in [-0.2, -0.15) is 13.2 Å². The highest BCUT2D eigenvalue weighted by molar-refractivity contribution is 7.85. The van der Waals surface area contributed by atoms with Gasteiger partial charge in [-0.25, -0.2) is 13.2 Å². The van der Waals surface area contributed by atoms with Crippen LogP contribution in [0.5, 0.6) is 0 Å². The van der Waals surface area contributed by atoms with E-state index in [1.807, 2.05) is 0 Å². The van der Waals surface area contributed by atoms with Crippen LogP contribution in [-0.4, -0.2) is 47.2 Å². The number of carbonyl (C=O) groups is 1. The molecule has 1 fully saturated rings. The smallest absolute Gasteiger partial charge is 0.416 e. The molecule has 2 aromatic rings. The Morgan fingerprint density at radius 2 is 1.76 bits per heavy atom. The predicted octanol–water partition coefficient (Wildman–Crippen LogP) is 6.65. The first-order chi connectivity index (χ1) is 17.6. The molecule has 0 saturated heterocycles. The molecule has 12 heteroatoms. The second-order valence-electron chi connectivity index (χ2n) is 9.77. The highest BCUT2D eigenvalue weighted by atomic mass is 32.2. The molecular weight excluding hydrogens is 536 g/mol. The van der Waals surface area contributed by atoms with Gasteiger partial charge in [-0.1, -0.05) is 0 Å². The molecule has 2 aromatic carbocycles. The number of fused-ring (bicyclic) bond motifs is 1. The molecular formula is C26H29F6NO4S. The normalized spacial score (nSPS) is 20.6. The van der Waals surface area contributed by atoms with Crippen molar-refractivity contribution in [3.8, 4) is 0 Å². The molecule has 0 radical (unpaired) electrons. The summed E-state index contributed by atoms with van der Waals surface area (Å²) in [4.78, 5) is 12.1. The van der Waals surface area contributed by atoms with Crippen LogP contribution in [-0.2, 0) is 26.5 Å². The Labute approximate surface area is 219 Å². The van der Waals surface area contributed by atoms with Crippen molar-refractivity contribution in [1.29, 1.82) is 0 Å². The summed E-state index contributed by atoms with van der Waals surface area (Å²) < 4.78 is 97.3. The third kappa shape index (κ3) is 7.72. The zero-order valence-corrected chi connectivity index (χ0v) is 21.7. The highest BCUT2D eigenvalue weighted by Crippen LogP contribution is 2.46. The van der Waals surface area contributed by atoms with Crippen LogP contribution in [0.4, 0.5) is 37.7 Å². The first kappa shape index (κ1) is 29.9. The Bertz CT molecular complexity index is 1150. The largest absolute Gasteiger partial charge is 0.481 e. The average Bonchev–Trinajstić information content (AvgIpc) is 3.63. The van der Waals surface area contributed by atoms with Crippen LogP contribution in [0.3, 0.4) is 0 Å². The van der Waals surface area contributed by atoms with Crippen LogP contribution < -0.4 is 4.90 Å². The fraction of sp³-hybridized carbons (Fsp3) is 0.500. The van der Waals surface area contributed by atoms with E-state index in [0.717, 1.165) is 31.9 Å². The van der Waals surface area contributed by atoms with Crippen molar-refractivity contribution < 1.29 is 45.2 Å². The third-order valence-electron chi connectivity index (χ3n) is 6.51. The molecule has 1 N–H and O–H groups in total. The van der Waals surface area contributed by atoms with Crippen molar-refractivity contribution in [1.82, 2.24) is 0 Å². The van der Waals surface area contributed by atoms with Crippen LogP contribution in [0.15, 0.2) is 47.4 Å². The molecule has 0 spiro atoms. The molecule has 4 rings (SSSR count). The summed E-state index contributed by atoms with van der Waals surface area (Å²) in [5.41, 5.74) is -0.914. The SMILES string of the molecule is CC(F)(F)CCC1CN(c2ccc(F)cc2)c2cc(C(F)(F)F)ccc2S(=O)C1.COCC1(C(=O)O)CC1. The lowest BCUT2D eigenvalue weighted by Crippen LogP contribution is -2.27. The van der Waals surface area contributed by atoms with E-state index in [4.69, 9.17) is 9.84 Å². The summed E-state index contributed by atoms with van der Waals surface area (Å²) >= 11 is 0. The van der Waals surface area contributed by atoms with E-state index in [1.165, 1.54) is 42.3 Å². The number of carboxylic acid groups (broad SMARTS) is 1. The van der Waals surface area contributed by atoms with Gasteiger partial charge in [-0.15, -0.1) is 0 Å². The average molecular weight is 566 g/mol. The number of alkyl halides is 5. The maximum absolute atomic E-state index is 13.3. The number of methoxy groups -OCH3 is 1. The zero-order chi connectivity index (χ0) is 28.3. The molecule has 1 saturated carbocycles. The summed E-state index contributed by atoms with van der Waals surface area (Å²) in [5.74, 6) is -4.51. The van der Waals surface area contributed by atoms with Crippen molar-refractivity contribution >= 4 is 28.1 Å². The van der Waals surface area contributed by atoms with Gasteiger partial charge in [0.25, 0.3) is 0 Å². The topological polar surface area (TPSA) is 66.8 Å². The number of benzene rings is 2. The lowest BCUT2D eigenvalue weighted by atomic mass is 10.0. The quantitative estimate of drug-likeness (QED) is 0.381. The van der Waals surface area contributed by atoms with E-state index >= 15 is 0 Å². The van der Waals surface area contributed by atoms with Crippen LogP contribution in [0.2, 0.25) is 0 Å². The molecule has 1 aliphatic heterocycles. The maximum atomic E-state index is 13.3. The first-order valence-corrected chi connectivity index (χ1v) is 13.2. The number of carboxylic acids is 1. The molecule has 1 aliphatic carbocycles. The van der Waals surface area contributed by atoms with Crippen molar-refractivity contribution in [2.45, 2.75) is 49.6 Å². The number of hydrogen-bond acceptors (Lipinski definition) is 4. The number of aliphatic carboxylic acids is 1. The van der Waals surface area contributed by atoms with Gasteiger partial charge in [0.15, 0.2) is 0 Å². The van der Waals surface area contributed by atoms with Crippen LogP contribution in [0.25, 0.3) is 0 Å². The minimum absolute atomic E-state index is 0.0616. The van der Waals surface area contributed by atoms with E-state index in [0.29, 0.717) is 12.3 Å². The predicted molar refractivity (Wildman–Crippen MR) is 131 cm³/mol. The molecule has 1 heterocycles. The Kier molecular flexibility index (Phi) is 9.18. The summed E-state index contributed by atoms with van der Waals surface area (Å²) in [7, 11) is -0.122. The molecule has 2 atom stereocenters. The lowest BCUT2D eigenvalue weighted by molar-refractivity contribution is -0.145. The van der Waals surface area contributed by atoms with Gasteiger partial charge in [-0.05, 0) is 74.6 Å². The Morgan fingerprint density at radius 3 is 2.24 bits per heavy atom. The van der Waals surface area contributed by atoms with E-state index < -0.39 is 58.0 Å². The van der Waals surface area contributed by atoms with Crippen molar-refractivity contribution in [2.24, 2.45) is 11.3 Å². The maximum Gasteiger partial charge on any atom is 0.416 e. The van der Waals surface area contributed by atoms with E-state index in [2.05, 4.69) is 0 Å². The molecule has 210 valence electrons. The number of hydrogen-bond donors (Lipinski definition) is 1. The van der Waals surface area contributed by atoms with Crippen molar-refractivity contribution in [3.63, 3.8) is 0 Å². The van der Waals surface area contributed by atoms with Gasteiger partial charge in [0.1, 0.15) is 5.82 Å². The number of halogens is 6. The zero-order valence-electron chi connectivity index (χ0n) is 20.9. The molecule has 0 amide bonds. The standard InChI is InChI=1S/C20H19F6NOS.C6H10O3/c1-19(22,23)9-8-13-11-27(16-5-3-15(21)4-6-16)17-10-14(20(24,25)26)2-7-18(17)29(28)12-13;1-9-4-6(2-3-6)5(7)8/h2-7,10,13H,8-9,11-12H2,1H3;2-4H2,1H3,(H,7,8). The highest BCUT2D eigenvalue weighted by Gasteiger charge is 2.50. The fourth-order valence-corrected chi connectivity index (χ4v) is 5.66. The van der Waals surface area contributed by atoms with Gasteiger partial charge >= 0.3 is 12.1 Å². The summed E-state index contributed by atoms with van der Waals surface area (Å²) in [6.07, 6.45) is -3.41. The fourth-order valence-electron chi connectivity index (χ4n) is 4.16. The first-order valence-electron chi connectivity index (χ1n) is 11.9. The van der Waals surface area contributed by atoms with Gasteiger partial charge in [-0.3, -0.25) is 9.00 Å². The second kappa shape index (κ2) is 11.6. The van der Waals surface area contributed by atoms with Crippen molar-refractivity contribution in [3.05, 3.63) is 53.8 Å². The van der Waals surface area contributed by atoms with Gasteiger partial charge in [0.05, 0.1) is 39.0 Å². The summed E-state index contributed by atoms with van der Waals surface area (Å²) in [6.45, 7) is 1.26. The molecule has 5 nitrogen and oxygen atoms in total. The number of nitrogens with zero attached hydrogens (tertiary/aromatic N) is 1. The summed E-state index contributed by atoms with van der Waals surface area (Å²) in [5, 5.41) is 8.55. The van der Waals surface area contributed by atoms with Crippen LogP contribution >= 0.6 is 0 Å². The Morgan fingerprint density at radius 1 is 1.13 bits per heavy atom. The Balaban J connectivity index is 0.000000375. The van der Waals surface area contributed by atoms with Crippen molar-refractivity contribution in [2.75, 3.05) is 30.9 Å².